The van der Waals surface area contributed by atoms with Gasteiger partial charge in [0.15, 0.2) is 5.78 Å². The van der Waals surface area contributed by atoms with Gasteiger partial charge in [0.2, 0.25) is 10.0 Å². The molecule has 1 atom stereocenters. The zero-order valence-corrected chi connectivity index (χ0v) is 19.8. The van der Waals surface area contributed by atoms with Gasteiger partial charge in [-0.05, 0) is 60.9 Å². The van der Waals surface area contributed by atoms with Gasteiger partial charge in [0.05, 0.1) is 29.2 Å². The van der Waals surface area contributed by atoms with Crippen molar-refractivity contribution < 1.29 is 17.6 Å². The lowest BCUT2D eigenvalue weighted by Crippen LogP contribution is -2.53. The number of fused-ring (bicyclic) bond motifs is 2. The molecule has 11 heteroatoms. The fourth-order valence-corrected chi connectivity index (χ4v) is 6.49. The number of aromatic amines is 1. The average molecular weight is 505 g/mol. The number of carbonyl (C=O) groups excluding carboxylic acids is 1. The van der Waals surface area contributed by atoms with Crippen LogP contribution in [-0.4, -0.2) is 56.6 Å². The van der Waals surface area contributed by atoms with Crippen LogP contribution in [0.25, 0.3) is 11.8 Å². The monoisotopic (exact) mass is 504 g/mol. The van der Waals surface area contributed by atoms with E-state index >= 15 is 0 Å². The van der Waals surface area contributed by atoms with Crippen LogP contribution in [0.15, 0.2) is 77.7 Å². The summed E-state index contributed by atoms with van der Waals surface area (Å²) in [5, 5.41) is 10.8. The van der Waals surface area contributed by atoms with Crippen molar-refractivity contribution in [1.29, 1.82) is 0 Å². The number of carbonyl (C=O) groups is 1. The molecule has 6 rings (SSSR count). The normalized spacial score (nSPS) is 19.9. The Hall–Kier alpha value is -3.96. The summed E-state index contributed by atoms with van der Waals surface area (Å²) >= 11 is 0. The molecule has 182 valence electrons. The minimum atomic E-state index is -3.86. The van der Waals surface area contributed by atoms with Gasteiger partial charge in [0.25, 0.3) is 0 Å². The molecular formula is C25H21FN6O3S. The van der Waals surface area contributed by atoms with Gasteiger partial charge in [0, 0.05) is 25.5 Å². The summed E-state index contributed by atoms with van der Waals surface area (Å²) in [5.41, 5.74) is 2.27. The van der Waals surface area contributed by atoms with Crippen molar-refractivity contribution in [2.45, 2.75) is 17.7 Å². The zero-order valence-electron chi connectivity index (χ0n) is 19.0. The van der Waals surface area contributed by atoms with E-state index in [0.717, 1.165) is 16.8 Å². The van der Waals surface area contributed by atoms with Crippen LogP contribution in [0.3, 0.4) is 0 Å². The highest BCUT2D eigenvalue weighted by molar-refractivity contribution is 7.89. The number of benzene rings is 1. The van der Waals surface area contributed by atoms with Crippen molar-refractivity contribution in [2.75, 3.05) is 13.1 Å². The fourth-order valence-electron chi connectivity index (χ4n) is 5.08. The highest BCUT2D eigenvalue weighted by atomic mass is 32.2. The highest BCUT2D eigenvalue weighted by Gasteiger charge is 2.51. The fraction of sp³-hybridized carbons (Fsp3) is 0.200. The van der Waals surface area contributed by atoms with E-state index in [9.17, 15) is 17.6 Å². The van der Waals surface area contributed by atoms with Crippen LogP contribution < -0.4 is 0 Å². The Morgan fingerprint density at radius 1 is 1.11 bits per heavy atom. The largest absolute Gasteiger partial charge is 0.291 e. The second kappa shape index (κ2) is 8.32. The Balaban J connectivity index is 1.46. The highest BCUT2D eigenvalue weighted by Crippen LogP contribution is 2.47. The number of rotatable bonds is 5. The second-order valence-corrected chi connectivity index (χ2v) is 10.9. The maximum Gasteiger partial charge on any atom is 0.246 e. The van der Waals surface area contributed by atoms with Crippen molar-refractivity contribution >= 4 is 21.9 Å². The SMILES string of the molecule is O=C(c1ccccn1)C12Cc3cnn(-c4ccc(F)cc4)c3C=C1CCN(S(=O)(=O)c1cn[nH]c1)C2. The number of aromatic nitrogens is 5. The molecule has 0 spiro atoms. The van der Waals surface area contributed by atoms with E-state index in [0.29, 0.717) is 12.1 Å². The first kappa shape index (κ1) is 22.5. The van der Waals surface area contributed by atoms with E-state index in [1.54, 1.807) is 47.4 Å². The molecule has 4 heterocycles. The number of hydrogen-bond acceptors (Lipinski definition) is 6. The number of halogens is 1. The third kappa shape index (κ3) is 3.50. The molecule has 0 saturated carbocycles. The van der Waals surface area contributed by atoms with E-state index in [4.69, 9.17) is 0 Å². The Labute approximate surface area is 206 Å². The molecule has 1 saturated heterocycles. The van der Waals surface area contributed by atoms with Crippen LogP contribution in [-0.2, 0) is 16.4 Å². The van der Waals surface area contributed by atoms with E-state index in [-0.39, 0.29) is 41.7 Å². The Kier molecular flexibility index (Phi) is 5.20. The Morgan fingerprint density at radius 3 is 2.67 bits per heavy atom. The number of Topliss-reactive ketones (excluding diaryl/α,β-unsaturated/α-hetero) is 1. The molecule has 36 heavy (non-hydrogen) atoms. The van der Waals surface area contributed by atoms with Crippen LogP contribution >= 0.6 is 0 Å². The molecule has 1 fully saturated rings. The van der Waals surface area contributed by atoms with Gasteiger partial charge < -0.3 is 0 Å². The molecule has 0 amide bonds. The second-order valence-electron chi connectivity index (χ2n) is 8.94. The Bertz CT molecular complexity index is 1580. The summed E-state index contributed by atoms with van der Waals surface area (Å²) < 4.78 is 43.3. The van der Waals surface area contributed by atoms with E-state index in [2.05, 4.69) is 20.3 Å². The van der Waals surface area contributed by atoms with Crippen molar-refractivity contribution in [2.24, 2.45) is 5.41 Å². The van der Waals surface area contributed by atoms with Gasteiger partial charge in [0.1, 0.15) is 16.4 Å². The summed E-state index contributed by atoms with van der Waals surface area (Å²) in [6, 6.07) is 11.1. The smallest absolute Gasteiger partial charge is 0.246 e. The molecule has 1 aliphatic heterocycles. The number of piperidine rings is 1. The summed E-state index contributed by atoms with van der Waals surface area (Å²) in [7, 11) is -3.86. The van der Waals surface area contributed by atoms with Gasteiger partial charge in [-0.3, -0.25) is 14.9 Å². The number of H-pyrrole nitrogens is 1. The molecule has 0 bridgehead atoms. The van der Waals surface area contributed by atoms with Crippen molar-refractivity contribution in [3.05, 3.63) is 95.6 Å². The summed E-state index contributed by atoms with van der Waals surface area (Å²) in [6.07, 6.45) is 8.39. The molecule has 0 radical (unpaired) electrons. The third-order valence-electron chi connectivity index (χ3n) is 6.90. The minimum Gasteiger partial charge on any atom is -0.291 e. The van der Waals surface area contributed by atoms with Gasteiger partial charge in [-0.2, -0.15) is 14.5 Å². The quantitative estimate of drug-likeness (QED) is 0.418. The van der Waals surface area contributed by atoms with E-state index in [1.165, 1.54) is 28.8 Å². The van der Waals surface area contributed by atoms with Crippen molar-refractivity contribution in [3.63, 3.8) is 0 Å². The summed E-state index contributed by atoms with van der Waals surface area (Å²) in [4.78, 5) is 18.4. The van der Waals surface area contributed by atoms with Gasteiger partial charge in [-0.25, -0.2) is 17.5 Å². The average Bonchev–Trinajstić information content (AvgIpc) is 3.58. The molecule has 1 aliphatic carbocycles. The van der Waals surface area contributed by atoms with Gasteiger partial charge in [-0.15, -0.1) is 0 Å². The van der Waals surface area contributed by atoms with E-state index < -0.39 is 15.4 Å². The third-order valence-corrected chi connectivity index (χ3v) is 8.71. The molecule has 4 aromatic rings. The number of pyridine rings is 1. The van der Waals surface area contributed by atoms with Crippen LogP contribution in [0.4, 0.5) is 4.39 Å². The molecule has 1 aromatic carbocycles. The van der Waals surface area contributed by atoms with Crippen LogP contribution in [0, 0.1) is 11.2 Å². The summed E-state index contributed by atoms with van der Waals surface area (Å²) in [6.45, 7) is 0.194. The molecular weight excluding hydrogens is 483 g/mol. The number of nitrogens with zero attached hydrogens (tertiary/aromatic N) is 5. The predicted octanol–water partition coefficient (Wildman–Crippen LogP) is 3.03. The van der Waals surface area contributed by atoms with E-state index in [1.807, 2.05) is 6.08 Å². The lowest BCUT2D eigenvalue weighted by atomic mass is 9.65. The van der Waals surface area contributed by atoms with Gasteiger partial charge in [-0.1, -0.05) is 11.6 Å². The molecule has 9 nitrogen and oxygen atoms in total. The maximum atomic E-state index is 14.0. The number of hydrogen-bond donors (Lipinski definition) is 1. The molecule has 2 aliphatic rings. The number of sulfonamides is 1. The lowest BCUT2D eigenvalue weighted by molar-refractivity contribution is 0.0770. The van der Waals surface area contributed by atoms with Crippen molar-refractivity contribution in [3.8, 4) is 5.69 Å². The first-order valence-electron chi connectivity index (χ1n) is 11.4. The predicted molar refractivity (Wildman–Crippen MR) is 128 cm³/mol. The first-order chi connectivity index (χ1) is 17.4. The molecule has 1 N–H and O–H groups in total. The summed E-state index contributed by atoms with van der Waals surface area (Å²) in [5.74, 6) is -0.578. The van der Waals surface area contributed by atoms with Crippen LogP contribution in [0.5, 0.6) is 0 Å². The first-order valence-corrected chi connectivity index (χ1v) is 12.8. The number of ketones is 1. The van der Waals surface area contributed by atoms with Crippen LogP contribution in [0.1, 0.15) is 28.2 Å². The van der Waals surface area contributed by atoms with Gasteiger partial charge >= 0.3 is 0 Å². The number of nitrogens with one attached hydrogen (secondary N) is 1. The Morgan fingerprint density at radius 2 is 1.94 bits per heavy atom. The zero-order chi connectivity index (χ0) is 24.9. The topological polar surface area (TPSA) is 114 Å². The molecule has 3 aromatic heterocycles. The van der Waals surface area contributed by atoms with Crippen LogP contribution in [0.2, 0.25) is 0 Å². The standard InChI is InChI=1S/C25H21FN6O3S/c26-19-4-6-20(7-5-19)32-23-11-18-8-10-31(36(34,35)21-14-28-29-15-21)16-25(18,12-17(23)13-30-32)24(33)22-3-1-2-9-27-22/h1-7,9,11,13-15H,8,10,12,16H2,(H,28,29). The minimum absolute atomic E-state index is 0.0249. The maximum absolute atomic E-state index is 14.0. The van der Waals surface area contributed by atoms with Crippen molar-refractivity contribution in [1.82, 2.24) is 29.3 Å². The lowest BCUT2D eigenvalue weighted by Gasteiger charge is -2.44. The molecule has 1 unspecified atom stereocenters.